The second-order valence-electron chi connectivity index (χ2n) is 9.03. The first-order valence-electron chi connectivity index (χ1n) is 12.4. The van der Waals surface area contributed by atoms with E-state index >= 15 is 0 Å². The molecule has 0 aromatic heterocycles. The lowest BCUT2D eigenvalue weighted by Crippen LogP contribution is -2.50. The Hall–Kier alpha value is -3.51. The monoisotopic (exact) mass is 472 g/mol. The standard InChI is InChI=1S/C29H36N4O2/c1-4-35-27-16-12-24(13-17-27)29(34)30-22-28(23-10-14-25(15-11-23)31(2)3)33-20-18-32(19-21-33)26-8-6-5-7-9-26/h5-17,28H,4,18-22H2,1-3H3,(H,30,34)/t28-/m0/s1. The molecule has 0 bridgehead atoms. The lowest BCUT2D eigenvalue weighted by Gasteiger charge is -2.40. The number of carbonyl (C=O) groups excluding carboxylic acids is 1. The van der Waals surface area contributed by atoms with Gasteiger partial charge in [-0.2, -0.15) is 0 Å². The third-order valence-corrected chi connectivity index (χ3v) is 6.55. The van der Waals surface area contributed by atoms with Crippen LogP contribution in [0.2, 0.25) is 0 Å². The number of nitrogens with one attached hydrogen (secondary N) is 1. The molecule has 4 rings (SSSR count). The van der Waals surface area contributed by atoms with Crippen LogP contribution in [-0.4, -0.2) is 64.2 Å². The zero-order valence-electron chi connectivity index (χ0n) is 21.0. The van der Waals surface area contributed by atoms with Crippen molar-refractivity contribution < 1.29 is 9.53 Å². The van der Waals surface area contributed by atoms with Crippen LogP contribution >= 0.6 is 0 Å². The number of amides is 1. The number of carbonyl (C=O) groups is 1. The molecule has 0 spiro atoms. The van der Waals surface area contributed by atoms with Crippen LogP contribution in [0, 0.1) is 0 Å². The van der Waals surface area contributed by atoms with Gasteiger partial charge in [0, 0.05) is 63.8 Å². The Morgan fingerprint density at radius 1 is 0.914 bits per heavy atom. The molecule has 35 heavy (non-hydrogen) atoms. The minimum Gasteiger partial charge on any atom is -0.494 e. The summed E-state index contributed by atoms with van der Waals surface area (Å²) < 4.78 is 5.50. The predicted octanol–water partition coefficient (Wildman–Crippen LogP) is 4.44. The van der Waals surface area contributed by atoms with Crippen LogP contribution in [0.25, 0.3) is 0 Å². The molecule has 1 aliphatic heterocycles. The normalized spacial score (nSPS) is 14.9. The number of piperazine rings is 1. The van der Waals surface area contributed by atoms with Crippen molar-refractivity contribution in [2.45, 2.75) is 13.0 Å². The van der Waals surface area contributed by atoms with E-state index in [2.05, 4.69) is 74.6 Å². The Kier molecular flexibility index (Phi) is 8.27. The molecule has 6 heteroatoms. The third kappa shape index (κ3) is 6.34. The molecule has 184 valence electrons. The second-order valence-corrected chi connectivity index (χ2v) is 9.03. The van der Waals surface area contributed by atoms with Crippen LogP contribution in [0.5, 0.6) is 5.75 Å². The smallest absolute Gasteiger partial charge is 0.251 e. The van der Waals surface area contributed by atoms with E-state index in [1.54, 1.807) is 0 Å². The highest BCUT2D eigenvalue weighted by molar-refractivity contribution is 5.94. The highest BCUT2D eigenvalue weighted by Gasteiger charge is 2.26. The zero-order valence-corrected chi connectivity index (χ0v) is 21.0. The number of para-hydroxylation sites is 1. The third-order valence-electron chi connectivity index (χ3n) is 6.55. The van der Waals surface area contributed by atoms with Crippen molar-refractivity contribution in [1.29, 1.82) is 0 Å². The van der Waals surface area contributed by atoms with Crippen molar-refractivity contribution in [1.82, 2.24) is 10.2 Å². The summed E-state index contributed by atoms with van der Waals surface area (Å²) >= 11 is 0. The maximum Gasteiger partial charge on any atom is 0.251 e. The minimum absolute atomic E-state index is 0.0640. The number of anilines is 2. The summed E-state index contributed by atoms with van der Waals surface area (Å²) in [5.74, 6) is 0.713. The van der Waals surface area contributed by atoms with Gasteiger partial charge in [-0.25, -0.2) is 0 Å². The molecule has 0 radical (unpaired) electrons. The van der Waals surface area contributed by atoms with Crippen molar-refractivity contribution >= 4 is 17.3 Å². The average Bonchev–Trinajstić information content (AvgIpc) is 2.90. The van der Waals surface area contributed by atoms with Gasteiger partial charge in [-0.1, -0.05) is 30.3 Å². The van der Waals surface area contributed by atoms with Crippen LogP contribution < -0.4 is 19.9 Å². The Morgan fingerprint density at radius 2 is 1.57 bits per heavy atom. The fourth-order valence-corrected chi connectivity index (χ4v) is 4.54. The number of nitrogens with zero attached hydrogens (tertiary/aromatic N) is 3. The van der Waals surface area contributed by atoms with E-state index < -0.39 is 0 Å². The number of hydrogen-bond acceptors (Lipinski definition) is 5. The van der Waals surface area contributed by atoms with E-state index in [0.29, 0.717) is 18.7 Å². The summed E-state index contributed by atoms with van der Waals surface area (Å²) in [6.45, 7) is 6.91. The Labute approximate surface area is 209 Å². The van der Waals surface area contributed by atoms with Gasteiger partial charge in [-0.15, -0.1) is 0 Å². The van der Waals surface area contributed by atoms with Crippen molar-refractivity contribution in [3.05, 3.63) is 90.0 Å². The van der Waals surface area contributed by atoms with Crippen LogP contribution in [-0.2, 0) is 0 Å². The average molecular weight is 473 g/mol. The molecule has 1 fully saturated rings. The molecule has 1 aliphatic rings. The summed E-state index contributed by atoms with van der Waals surface area (Å²) in [5.41, 5.74) is 4.29. The molecular formula is C29H36N4O2. The second kappa shape index (κ2) is 11.8. The van der Waals surface area contributed by atoms with E-state index in [1.807, 2.05) is 45.3 Å². The quantitative estimate of drug-likeness (QED) is 0.499. The van der Waals surface area contributed by atoms with Gasteiger partial charge in [0.2, 0.25) is 0 Å². The summed E-state index contributed by atoms with van der Waals surface area (Å²) in [6.07, 6.45) is 0. The van der Waals surface area contributed by atoms with E-state index in [0.717, 1.165) is 31.9 Å². The SMILES string of the molecule is CCOc1ccc(C(=O)NC[C@@H](c2ccc(N(C)C)cc2)N2CCN(c3ccccc3)CC2)cc1. The maximum absolute atomic E-state index is 12.9. The lowest BCUT2D eigenvalue weighted by molar-refractivity contribution is 0.0930. The molecule has 1 saturated heterocycles. The summed E-state index contributed by atoms with van der Waals surface area (Å²) in [5, 5.41) is 3.18. The molecule has 1 N–H and O–H groups in total. The molecule has 0 saturated carbocycles. The molecule has 1 heterocycles. The number of ether oxygens (including phenoxy) is 1. The van der Waals surface area contributed by atoms with Crippen LogP contribution in [0.1, 0.15) is 28.9 Å². The first-order valence-corrected chi connectivity index (χ1v) is 12.4. The van der Waals surface area contributed by atoms with Gasteiger partial charge in [0.05, 0.1) is 12.6 Å². The van der Waals surface area contributed by atoms with Gasteiger partial charge in [0.1, 0.15) is 5.75 Å². The Bertz CT molecular complexity index is 1060. The van der Waals surface area contributed by atoms with Gasteiger partial charge in [0.15, 0.2) is 0 Å². The van der Waals surface area contributed by atoms with Crippen LogP contribution in [0.3, 0.4) is 0 Å². The minimum atomic E-state index is -0.0640. The first-order chi connectivity index (χ1) is 17.0. The van der Waals surface area contributed by atoms with Gasteiger partial charge in [-0.3, -0.25) is 9.69 Å². The molecular weight excluding hydrogens is 436 g/mol. The zero-order chi connectivity index (χ0) is 24.6. The van der Waals surface area contributed by atoms with Crippen LogP contribution in [0.15, 0.2) is 78.9 Å². The number of hydrogen-bond donors (Lipinski definition) is 1. The van der Waals surface area contributed by atoms with E-state index in [1.165, 1.54) is 16.9 Å². The molecule has 6 nitrogen and oxygen atoms in total. The number of rotatable bonds is 9. The predicted molar refractivity (Wildman–Crippen MR) is 144 cm³/mol. The summed E-state index contributed by atoms with van der Waals surface area (Å²) in [6, 6.07) is 26.7. The van der Waals surface area contributed by atoms with Crippen molar-refractivity contribution in [2.75, 3.05) is 63.2 Å². The fourth-order valence-electron chi connectivity index (χ4n) is 4.54. The highest BCUT2D eigenvalue weighted by Crippen LogP contribution is 2.26. The van der Waals surface area contributed by atoms with E-state index in [4.69, 9.17) is 4.74 Å². The molecule has 1 atom stereocenters. The summed E-state index contributed by atoms with van der Waals surface area (Å²) in [7, 11) is 4.10. The Morgan fingerprint density at radius 3 is 2.17 bits per heavy atom. The van der Waals surface area contributed by atoms with Crippen molar-refractivity contribution in [2.24, 2.45) is 0 Å². The molecule has 3 aromatic carbocycles. The van der Waals surface area contributed by atoms with Gasteiger partial charge >= 0.3 is 0 Å². The number of benzene rings is 3. The largest absolute Gasteiger partial charge is 0.494 e. The van der Waals surface area contributed by atoms with Gasteiger partial charge in [-0.05, 0) is 61.0 Å². The first kappa shape index (κ1) is 24.6. The van der Waals surface area contributed by atoms with Crippen molar-refractivity contribution in [3.63, 3.8) is 0 Å². The van der Waals surface area contributed by atoms with Crippen molar-refractivity contribution in [3.8, 4) is 5.75 Å². The topological polar surface area (TPSA) is 48.1 Å². The molecule has 3 aromatic rings. The molecule has 0 unspecified atom stereocenters. The van der Waals surface area contributed by atoms with Gasteiger partial charge in [0.25, 0.3) is 5.91 Å². The fraction of sp³-hybridized carbons (Fsp3) is 0.345. The van der Waals surface area contributed by atoms with Gasteiger partial charge < -0.3 is 19.9 Å². The van der Waals surface area contributed by atoms with E-state index in [9.17, 15) is 4.79 Å². The Balaban J connectivity index is 1.46. The highest BCUT2D eigenvalue weighted by atomic mass is 16.5. The molecule has 0 aliphatic carbocycles. The van der Waals surface area contributed by atoms with Crippen LogP contribution in [0.4, 0.5) is 11.4 Å². The lowest BCUT2D eigenvalue weighted by atomic mass is 10.0. The molecule has 1 amide bonds. The maximum atomic E-state index is 12.9. The van der Waals surface area contributed by atoms with E-state index in [-0.39, 0.29) is 11.9 Å². The summed E-state index contributed by atoms with van der Waals surface area (Å²) in [4.78, 5) is 20.0.